The summed E-state index contributed by atoms with van der Waals surface area (Å²) in [5.41, 5.74) is -0.141. The highest BCUT2D eigenvalue weighted by atomic mass is 35.5. The van der Waals surface area contributed by atoms with Crippen molar-refractivity contribution >= 4 is 39.4 Å². The van der Waals surface area contributed by atoms with Crippen molar-refractivity contribution in [2.75, 3.05) is 26.2 Å². The molecule has 0 N–H and O–H groups in total. The van der Waals surface area contributed by atoms with Crippen LogP contribution in [0.25, 0.3) is 0 Å². The normalized spacial score (nSPS) is 18.1. The number of esters is 1. The lowest BCUT2D eigenvalue weighted by Gasteiger charge is -2.16. The van der Waals surface area contributed by atoms with E-state index in [1.54, 1.807) is 0 Å². The average molecular weight is 415 g/mol. The molecular formula is C17H19ClN2O6S. The number of sulfonamides is 1. The maximum absolute atomic E-state index is 12.6. The second-order valence-electron chi connectivity index (χ2n) is 6.37. The zero-order valence-corrected chi connectivity index (χ0v) is 16.1. The van der Waals surface area contributed by atoms with Crippen molar-refractivity contribution in [3.63, 3.8) is 0 Å². The Morgan fingerprint density at radius 2 is 1.81 bits per heavy atom. The first kappa shape index (κ1) is 19.8. The highest BCUT2D eigenvalue weighted by molar-refractivity contribution is 7.89. The van der Waals surface area contributed by atoms with E-state index in [1.807, 2.05) is 0 Å². The van der Waals surface area contributed by atoms with Crippen molar-refractivity contribution in [2.24, 2.45) is 0 Å². The summed E-state index contributed by atoms with van der Waals surface area (Å²) >= 11 is 6.01. The molecule has 0 atom stereocenters. The van der Waals surface area contributed by atoms with Gasteiger partial charge in [0, 0.05) is 26.1 Å². The van der Waals surface area contributed by atoms with Crippen LogP contribution in [0, 0.1) is 0 Å². The molecule has 8 nitrogen and oxygen atoms in total. The first-order chi connectivity index (χ1) is 12.8. The zero-order valence-electron chi connectivity index (χ0n) is 14.5. The molecule has 0 bridgehead atoms. The highest BCUT2D eigenvalue weighted by Crippen LogP contribution is 2.26. The number of ether oxygens (including phenoxy) is 1. The molecule has 2 heterocycles. The molecule has 2 aliphatic heterocycles. The van der Waals surface area contributed by atoms with Crippen molar-refractivity contribution in [2.45, 2.75) is 30.6 Å². The Labute approximate surface area is 162 Å². The van der Waals surface area contributed by atoms with Crippen LogP contribution in [0.3, 0.4) is 0 Å². The number of carbonyl (C=O) groups is 3. The van der Waals surface area contributed by atoms with Crippen molar-refractivity contribution in [3.8, 4) is 0 Å². The van der Waals surface area contributed by atoms with Gasteiger partial charge in [-0.25, -0.2) is 13.2 Å². The standard InChI is InChI=1S/C17H19ClN2O6S/c18-14-6-5-12(27(24,25)19-7-1-2-8-19)10-13(14)17(23)26-11-16(22)20-9-3-4-15(20)21/h5-6,10H,1-4,7-9,11H2. The Hall–Kier alpha value is -1.97. The number of imide groups is 1. The van der Waals surface area contributed by atoms with Gasteiger partial charge in [-0.15, -0.1) is 0 Å². The van der Waals surface area contributed by atoms with Gasteiger partial charge in [0.05, 0.1) is 15.5 Å². The van der Waals surface area contributed by atoms with Gasteiger partial charge in [0.25, 0.3) is 5.91 Å². The SMILES string of the molecule is O=C(OCC(=O)N1CCCC1=O)c1cc(S(=O)(=O)N2CCCC2)ccc1Cl. The van der Waals surface area contributed by atoms with Gasteiger partial charge < -0.3 is 4.74 Å². The van der Waals surface area contributed by atoms with Crippen LogP contribution in [0.2, 0.25) is 5.02 Å². The number of rotatable bonds is 5. The number of amides is 2. The Bertz CT molecular complexity index is 879. The predicted molar refractivity (Wildman–Crippen MR) is 95.7 cm³/mol. The maximum Gasteiger partial charge on any atom is 0.340 e. The largest absolute Gasteiger partial charge is 0.452 e. The van der Waals surface area contributed by atoms with Crippen molar-refractivity contribution < 1.29 is 27.5 Å². The molecule has 1 aromatic carbocycles. The van der Waals surface area contributed by atoms with E-state index in [0.29, 0.717) is 32.5 Å². The van der Waals surface area contributed by atoms with Gasteiger partial charge in [0.2, 0.25) is 15.9 Å². The summed E-state index contributed by atoms with van der Waals surface area (Å²) in [5, 5.41) is 0.0186. The molecule has 0 aliphatic carbocycles. The van der Waals surface area contributed by atoms with Crippen molar-refractivity contribution in [3.05, 3.63) is 28.8 Å². The molecule has 10 heteroatoms. The summed E-state index contributed by atoms with van der Waals surface area (Å²) in [5.74, 6) is -1.82. The second-order valence-corrected chi connectivity index (χ2v) is 8.72. The molecule has 2 fully saturated rings. The summed E-state index contributed by atoms with van der Waals surface area (Å²) in [6.45, 7) is 0.565. The molecule has 0 saturated carbocycles. The minimum Gasteiger partial charge on any atom is -0.452 e. The van der Waals surface area contributed by atoms with Gasteiger partial charge in [-0.1, -0.05) is 11.6 Å². The maximum atomic E-state index is 12.6. The van der Waals surface area contributed by atoms with Gasteiger partial charge >= 0.3 is 5.97 Å². The van der Waals surface area contributed by atoms with E-state index in [1.165, 1.54) is 16.4 Å². The van der Waals surface area contributed by atoms with Crippen LogP contribution < -0.4 is 0 Å². The Morgan fingerprint density at radius 1 is 1.11 bits per heavy atom. The summed E-state index contributed by atoms with van der Waals surface area (Å²) in [6.07, 6.45) is 2.46. The molecule has 27 heavy (non-hydrogen) atoms. The van der Waals surface area contributed by atoms with Crippen LogP contribution in [-0.2, 0) is 24.3 Å². The lowest BCUT2D eigenvalue weighted by atomic mass is 10.2. The van der Waals surface area contributed by atoms with E-state index in [2.05, 4.69) is 0 Å². The van der Waals surface area contributed by atoms with Crippen LogP contribution in [0.5, 0.6) is 0 Å². The van der Waals surface area contributed by atoms with E-state index in [-0.39, 0.29) is 21.4 Å². The van der Waals surface area contributed by atoms with Gasteiger partial charge in [-0.05, 0) is 37.5 Å². The molecule has 146 valence electrons. The van der Waals surface area contributed by atoms with E-state index in [9.17, 15) is 22.8 Å². The summed E-state index contributed by atoms with van der Waals surface area (Å²) in [6, 6.07) is 3.80. The Kier molecular flexibility index (Phi) is 5.83. The molecule has 2 saturated heterocycles. The number of likely N-dealkylation sites (tertiary alicyclic amines) is 1. The molecule has 2 aliphatic rings. The molecular weight excluding hydrogens is 396 g/mol. The van der Waals surface area contributed by atoms with Crippen molar-refractivity contribution in [1.29, 1.82) is 0 Å². The molecule has 2 amide bonds. The third kappa shape index (κ3) is 4.15. The van der Waals surface area contributed by atoms with E-state index < -0.39 is 28.5 Å². The van der Waals surface area contributed by atoms with Crippen LogP contribution in [0.4, 0.5) is 0 Å². The van der Waals surface area contributed by atoms with E-state index >= 15 is 0 Å². The topological polar surface area (TPSA) is 101 Å². The molecule has 0 aromatic heterocycles. The number of carbonyl (C=O) groups excluding carboxylic acids is 3. The number of hydrogen-bond donors (Lipinski definition) is 0. The van der Waals surface area contributed by atoms with Crippen LogP contribution in [-0.4, -0.2) is 61.6 Å². The van der Waals surface area contributed by atoms with Gasteiger partial charge in [0.1, 0.15) is 0 Å². The molecule has 1 aromatic rings. The number of hydrogen-bond acceptors (Lipinski definition) is 6. The van der Waals surface area contributed by atoms with Crippen LogP contribution in [0.1, 0.15) is 36.0 Å². The number of nitrogens with zero attached hydrogens (tertiary/aromatic N) is 2. The number of benzene rings is 1. The number of halogens is 1. The molecule has 0 unspecified atom stereocenters. The second kappa shape index (κ2) is 7.95. The monoisotopic (exact) mass is 414 g/mol. The third-order valence-electron chi connectivity index (χ3n) is 4.56. The first-order valence-electron chi connectivity index (χ1n) is 8.61. The molecule has 0 spiro atoms. The minimum atomic E-state index is -3.72. The first-order valence-corrected chi connectivity index (χ1v) is 10.4. The quantitative estimate of drug-likeness (QED) is 0.675. The van der Waals surface area contributed by atoms with Crippen LogP contribution >= 0.6 is 11.6 Å². The lowest BCUT2D eigenvalue weighted by Crippen LogP contribution is -2.35. The lowest BCUT2D eigenvalue weighted by molar-refractivity contribution is -0.143. The summed E-state index contributed by atoms with van der Waals surface area (Å²) in [7, 11) is -3.72. The third-order valence-corrected chi connectivity index (χ3v) is 6.79. The average Bonchev–Trinajstić information content (AvgIpc) is 3.31. The van der Waals surface area contributed by atoms with E-state index in [0.717, 1.165) is 23.8 Å². The van der Waals surface area contributed by atoms with Crippen molar-refractivity contribution in [1.82, 2.24) is 9.21 Å². The summed E-state index contributed by atoms with van der Waals surface area (Å²) < 4.78 is 31.6. The van der Waals surface area contributed by atoms with Crippen LogP contribution in [0.15, 0.2) is 23.1 Å². The highest BCUT2D eigenvalue weighted by Gasteiger charge is 2.30. The van der Waals surface area contributed by atoms with Gasteiger partial charge in [-0.2, -0.15) is 4.31 Å². The fraction of sp³-hybridized carbons (Fsp3) is 0.471. The smallest absolute Gasteiger partial charge is 0.340 e. The molecule has 3 rings (SSSR count). The fourth-order valence-electron chi connectivity index (χ4n) is 3.09. The molecule has 0 radical (unpaired) electrons. The fourth-order valence-corrected chi connectivity index (χ4v) is 4.83. The Balaban J connectivity index is 1.73. The Morgan fingerprint density at radius 3 is 2.44 bits per heavy atom. The van der Waals surface area contributed by atoms with Gasteiger partial charge in [0.15, 0.2) is 6.61 Å². The zero-order chi connectivity index (χ0) is 19.6. The van der Waals surface area contributed by atoms with Gasteiger partial charge in [-0.3, -0.25) is 14.5 Å². The summed E-state index contributed by atoms with van der Waals surface area (Å²) in [4.78, 5) is 36.8. The minimum absolute atomic E-state index is 0.0186. The van der Waals surface area contributed by atoms with E-state index in [4.69, 9.17) is 16.3 Å². The predicted octanol–water partition coefficient (Wildman–Crippen LogP) is 1.43.